The lowest BCUT2D eigenvalue weighted by Crippen LogP contribution is -2.49. The second-order valence-electron chi connectivity index (χ2n) is 8.32. The van der Waals surface area contributed by atoms with Crippen molar-refractivity contribution in [2.75, 3.05) is 26.2 Å². The first-order valence-corrected chi connectivity index (χ1v) is 12.7. The van der Waals surface area contributed by atoms with Gasteiger partial charge in [0.2, 0.25) is 10.0 Å². The zero-order valence-corrected chi connectivity index (χ0v) is 20.0. The van der Waals surface area contributed by atoms with Gasteiger partial charge in [0, 0.05) is 32.3 Å². The molecule has 0 atom stereocenters. The molecule has 188 valence electrons. The van der Waals surface area contributed by atoms with Crippen LogP contribution in [0.4, 0.5) is 8.78 Å². The summed E-state index contributed by atoms with van der Waals surface area (Å²) in [5.74, 6) is -1.40. The van der Waals surface area contributed by atoms with Crippen LogP contribution in [0.1, 0.15) is 22.7 Å². The lowest BCUT2D eigenvalue weighted by Gasteiger charge is -2.39. The number of hydrogen-bond donors (Lipinski definition) is 2. The molecule has 0 saturated carbocycles. The number of halogens is 2. The number of amides is 1. The van der Waals surface area contributed by atoms with Crippen molar-refractivity contribution >= 4 is 22.0 Å². The van der Waals surface area contributed by atoms with Crippen molar-refractivity contribution in [3.63, 3.8) is 0 Å². The number of carbonyl (C=O) groups is 1. The Morgan fingerprint density at radius 2 is 1.33 bits per heavy atom. The van der Waals surface area contributed by atoms with Crippen molar-refractivity contribution in [3.05, 3.63) is 107 Å². The lowest BCUT2D eigenvalue weighted by atomic mass is 9.96. The van der Waals surface area contributed by atoms with E-state index in [2.05, 4.69) is 4.90 Å². The molecular formula is C26H25F2N3O4S. The average molecular weight is 514 g/mol. The molecule has 0 spiro atoms. The van der Waals surface area contributed by atoms with Gasteiger partial charge in [-0.3, -0.25) is 14.9 Å². The molecule has 1 aliphatic heterocycles. The Hall–Kier alpha value is -3.44. The molecule has 1 aliphatic rings. The van der Waals surface area contributed by atoms with Gasteiger partial charge in [0.25, 0.3) is 5.91 Å². The molecule has 3 aromatic rings. The normalized spacial score (nSPS) is 15.4. The highest BCUT2D eigenvalue weighted by Gasteiger charge is 2.32. The molecule has 3 aromatic carbocycles. The Bertz CT molecular complexity index is 1280. The van der Waals surface area contributed by atoms with E-state index in [9.17, 15) is 22.0 Å². The number of nitrogens with one attached hydrogen (secondary N) is 1. The lowest BCUT2D eigenvalue weighted by molar-refractivity contribution is -0.124. The zero-order chi connectivity index (χ0) is 25.7. The van der Waals surface area contributed by atoms with Gasteiger partial charge in [0.05, 0.1) is 10.9 Å². The molecule has 2 N–H and O–H groups in total. The summed E-state index contributed by atoms with van der Waals surface area (Å²) < 4.78 is 54.9. The maximum absolute atomic E-state index is 13.5. The monoisotopic (exact) mass is 513 g/mol. The summed E-state index contributed by atoms with van der Waals surface area (Å²) in [6.07, 6.45) is 2.58. The van der Waals surface area contributed by atoms with Gasteiger partial charge in [-0.1, -0.05) is 36.4 Å². The minimum atomic E-state index is -3.74. The third-order valence-corrected chi connectivity index (χ3v) is 7.98. The Kier molecular flexibility index (Phi) is 7.90. The minimum Gasteiger partial charge on any atom is -0.290 e. The van der Waals surface area contributed by atoms with Gasteiger partial charge >= 0.3 is 0 Å². The standard InChI is InChI=1S/C26H25F2N3O4S/c27-22-8-4-20(5-9-22)26(21-6-10-23(28)11-7-21)30-15-17-31(18-16-30)36(34,35)24-12-1-19(2-13-24)3-14-25(32)29-33/h1-14,26,33H,15-18H2,(H,29,32). The molecule has 4 rings (SSSR count). The fourth-order valence-electron chi connectivity index (χ4n) is 4.22. The summed E-state index contributed by atoms with van der Waals surface area (Å²) >= 11 is 0. The predicted octanol–water partition coefficient (Wildman–Crippen LogP) is 3.58. The van der Waals surface area contributed by atoms with Crippen LogP contribution in [0.5, 0.6) is 0 Å². The quantitative estimate of drug-likeness (QED) is 0.286. The molecular weight excluding hydrogens is 488 g/mol. The molecule has 0 unspecified atom stereocenters. The third-order valence-electron chi connectivity index (χ3n) is 6.07. The first-order valence-electron chi connectivity index (χ1n) is 11.3. The minimum absolute atomic E-state index is 0.133. The molecule has 0 radical (unpaired) electrons. The summed E-state index contributed by atoms with van der Waals surface area (Å²) in [5, 5.41) is 8.54. The Morgan fingerprint density at radius 1 is 0.833 bits per heavy atom. The number of rotatable bonds is 7. The zero-order valence-electron chi connectivity index (χ0n) is 19.2. The third kappa shape index (κ3) is 5.85. The van der Waals surface area contributed by atoms with Crippen LogP contribution < -0.4 is 5.48 Å². The van der Waals surface area contributed by atoms with Crippen LogP contribution in [0.3, 0.4) is 0 Å². The second-order valence-corrected chi connectivity index (χ2v) is 10.3. The maximum Gasteiger partial charge on any atom is 0.267 e. The number of piperazine rings is 1. The van der Waals surface area contributed by atoms with Gasteiger partial charge in [0.15, 0.2) is 0 Å². The first-order chi connectivity index (χ1) is 17.3. The Labute approximate surface area is 208 Å². The van der Waals surface area contributed by atoms with Crippen molar-refractivity contribution in [2.24, 2.45) is 0 Å². The van der Waals surface area contributed by atoms with Crippen LogP contribution in [-0.4, -0.2) is 54.9 Å². The first kappa shape index (κ1) is 25.6. The molecule has 1 saturated heterocycles. The van der Waals surface area contributed by atoms with E-state index in [0.29, 0.717) is 18.7 Å². The number of benzene rings is 3. The van der Waals surface area contributed by atoms with Crippen molar-refractivity contribution < 1.29 is 27.2 Å². The van der Waals surface area contributed by atoms with E-state index in [1.807, 2.05) is 0 Å². The van der Waals surface area contributed by atoms with Crippen LogP contribution in [0, 0.1) is 11.6 Å². The topological polar surface area (TPSA) is 90.0 Å². The second kappa shape index (κ2) is 11.1. The van der Waals surface area contributed by atoms with E-state index < -0.39 is 15.9 Å². The molecule has 36 heavy (non-hydrogen) atoms. The molecule has 0 aromatic heterocycles. The molecule has 1 fully saturated rings. The maximum atomic E-state index is 13.5. The van der Waals surface area contributed by atoms with E-state index in [-0.39, 0.29) is 35.7 Å². The summed E-state index contributed by atoms with van der Waals surface area (Å²) in [7, 11) is -3.74. The van der Waals surface area contributed by atoms with Gasteiger partial charge in [-0.05, 0) is 59.2 Å². The molecule has 7 nitrogen and oxygen atoms in total. The number of hydroxylamine groups is 1. The van der Waals surface area contributed by atoms with E-state index in [4.69, 9.17) is 5.21 Å². The Morgan fingerprint density at radius 3 is 1.81 bits per heavy atom. The van der Waals surface area contributed by atoms with Crippen LogP contribution in [-0.2, 0) is 14.8 Å². The summed E-state index contributed by atoms with van der Waals surface area (Å²) in [5.41, 5.74) is 3.75. The van der Waals surface area contributed by atoms with E-state index in [0.717, 1.165) is 17.2 Å². The van der Waals surface area contributed by atoms with Crippen molar-refractivity contribution in [2.45, 2.75) is 10.9 Å². The highest BCUT2D eigenvalue weighted by atomic mass is 32.2. The predicted molar refractivity (Wildman–Crippen MR) is 130 cm³/mol. The molecule has 10 heteroatoms. The SMILES string of the molecule is O=C(C=Cc1ccc(S(=O)(=O)N2CCN(C(c3ccc(F)cc3)c3ccc(F)cc3)CC2)cc1)NO. The van der Waals surface area contributed by atoms with Crippen LogP contribution in [0.2, 0.25) is 0 Å². The van der Waals surface area contributed by atoms with Crippen molar-refractivity contribution in [1.82, 2.24) is 14.7 Å². The summed E-state index contributed by atoms with van der Waals surface area (Å²) in [4.78, 5) is 13.4. The molecule has 0 aliphatic carbocycles. The van der Waals surface area contributed by atoms with Gasteiger partial charge in [-0.2, -0.15) is 4.31 Å². The smallest absolute Gasteiger partial charge is 0.267 e. The van der Waals surface area contributed by atoms with Gasteiger partial charge < -0.3 is 0 Å². The van der Waals surface area contributed by atoms with Gasteiger partial charge in [-0.15, -0.1) is 0 Å². The molecule has 1 amide bonds. The fraction of sp³-hybridized carbons (Fsp3) is 0.192. The average Bonchev–Trinajstić information content (AvgIpc) is 2.90. The van der Waals surface area contributed by atoms with E-state index in [1.165, 1.54) is 52.3 Å². The number of carbonyl (C=O) groups excluding carboxylic acids is 1. The number of nitrogens with zero attached hydrogens (tertiary/aromatic N) is 2. The summed E-state index contributed by atoms with van der Waals surface area (Å²) in [6, 6.07) is 18.1. The fourth-order valence-corrected chi connectivity index (χ4v) is 5.64. The number of hydrogen-bond acceptors (Lipinski definition) is 5. The van der Waals surface area contributed by atoms with E-state index in [1.54, 1.807) is 36.4 Å². The highest BCUT2D eigenvalue weighted by molar-refractivity contribution is 7.89. The Balaban J connectivity index is 1.50. The van der Waals surface area contributed by atoms with Crippen LogP contribution in [0.15, 0.2) is 83.8 Å². The largest absolute Gasteiger partial charge is 0.290 e. The number of sulfonamides is 1. The van der Waals surface area contributed by atoms with Crippen molar-refractivity contribution in [3.8, 4) is 0 Å². The van der Waals surface area contributed by atoms with Gasteiger partial charge in [-0.25, -0.2) is 22.7 Å². The van der Waals surface area contributed by atoms with E-state index >= 15 is 0 Å². The van der Waals surface area contributed by atoms with Gasteiger partial charge in [0.1, 0.15) is 11.6 Å². The molecule has 0 bridgehead atoms. The van der Waals surface area contributed by atoms with Crippen LogP contribution >= 0.6 is 0 Å². The molecule has 1 heterocycles. The van der Waals surface area contributed by atoms with Crippen molar-refractivity contribution in [1.29, 1.82) is 0 Å². The summed E-state index contributed by atoms with van der Waals surface area (Å²) in [6.45, 7) is 1.35. The van der Waals surface area contributed by atoms with Crippen LogP contribution in [0.25, 0.3) is 6.08 Å². The highest BCUT2D eigenvalue weighted by Crippen LogP contribution is 2.31.